The predicted molar refractivity (Wildman–Crippen MR) is 76.4 cm³/mol. The molecule has 4 rings (SSSR count). The van der Waals surface area contributed by atoms with Gasteiger partial charge in [0.2, 0.25) is 0 Å². The molecule has 2 aliphatic rings. The predicted octanol–water partition coefficient (Wildman–Crippen LogP) is 3.23. The highest BCUT2D eigenvalue weighted by Crippen LogP contribution is 2.43. The van der Waals surface area contributed by atoms with E-state index in [4.69, 9.17) is 4.74 Å². The summed E-state index contributed by atoms with van der Waals surface area (Å²) in [5.74, 6) is 0.0121. The van der Waals surface area contributed by atoms with Crippen molar-refractivity contribution in [3.8, 4) is 0 Å². The first-order valence-electron chi connectivity index (χ1n) is 6.86. The summed E-state index contributed by atoms with van der Waals surface area (Å²) in [7, 11) is 0. The van der Waals surface area contributed by atoms with Crippen molar-refractivity contribution in [1.82, 2.24) is 0 Å². The van der Waals surface area contributed by atoms with Crippen molar-refractivity contribution >= 4 is 5.97 Å². The molecule has 1 aliphatic heterocycles. The number of hydrogen-bond donors (Lipinski definition) is 0. The third-order valence-corrected chi connectivity index (χ3v) is 4.21. The zero-order chi connectivity index (χ0) is 13.5. The minimum Gasteiger partial charge on any atom is -0.458 e. The summed E-state index contributed by atoms with van der Waals surface area (Å²) in [6.07, 6.45) is 0.702. The van der Waals surface area contributed by atoms with E-state index in [1.807, 2.05) is 24.3 Å². The molecule has 98 valence electrons. The molecule has 1 aliphatic carbocycles. The molecular formula is C18H14O2. The van der Waals surface area contributed by atoms with Gasteiger partial charge in [0.1, 0.15) is 6.61 Å². The molecular weight excluding hydrogens is 248 g/mol. The van der Waals surface area contributed by atoms with Crippen molar-refractivity contribution in [3.05, 3.63) is 82.4 Å². The van der Waals surface area contributed by atoms with Gasteiger partial charge in [-0.05, 0) is 22.3 Å². The Balaban J connectivity index is 1.94. The van der Waals surface area contributed by atoms with Gasteiger partial charge in [0.15, 0.2) is 0 Å². The molecule has 0 spiro atoms. The van der Waals surface area contributed by atoms with E-state index < -0.39 is 0 Å². The number of benzene rings is 2. The fourth-order valence-electron chi connectivity index (χ4n) is 3.27. The van der Waals surface area contributed by atoms with Crippen LogP contribution in [0, 0.1) is 0 Å². The lowest BCUT2D eigenvalue weighted by Crippen LogP contribution is -2.16. The van der Waals surface area contributed by atoms with E-state index in [0.29, 0.717) is 13.0 Å². The fraction of sp³-hybridized carbons (Fsp3) is 0.167. The number of rotatable bonds is 1. The molecule has 2 aromatic rings. The normalized spacial score (nSPS) is 20.4. The third kappa shape index (κ3) is 1.61. The number of ether oxygens (including phenoxy) is 1. The first kappa shape index (κ1) is 11.5. The number of carbonyl (C=O) groups excluding carboxylic acids is 1. The van der Waals surface area contributed by atoms with Crippen molar-refractivity contribution < 1.29 is 9.53 Å². The molecule has 0 saturated carbocycles. The van der Waals surface area contributed by atoms with Crippen LogP contribution in [0.3, 0.4) is 0 Å². The SMILES string of the molecule is O=C1OCC2=C1Cc1ccccc1C2c1ccccc1. The Bertz CT molecular complexity index is 713. The summed E-state index contributed by atoms with van der Waals surface area (Å²) in [5, 5.41) is 0. The van der Waals surface area contributed by atoms with E-state index in [1.54, 1.807) is 0 Å². The quantitative estimate of drug-likeness (QED) is 0.738. The average Bonchev–Trinajstić information content (AvgIpc) is 2.87. The van der Waals surface area contributed by atoms with E-state index in [-0.39, 0.29) is 11.9 Å². The third-order valence-electron chi connectivity index (χ3n) is 4.21. The topological polar surface area (TPSA) is 26.3 Å². The van der Waals surface area contributed by atoms with Crippen molar-refractivity contribution in [3.63, 3.8) is 0 Å². The Morgan fingerprint density at radius 3 is 2.55 bits per heavy atom. The highest BCUT2D eigenvalue weighted by atomic mass is 16.5. The van der Waals surface area contributed by atoms with E-state index in [9.17, 15) is 4.79 Å². The van der Waals surface area contributed by atoms with Gasteiger partial charge in [-0.1, -0.05) is 54.6 Å². The molecule has 0 bridgehead atoms. The second kappa shape index (κ2) is 4.34. The van der Waals surface area contributed by atoms with Gasteiger partial charge in [-0.2, -0.15) is 0 Å². The zero-order valence-corrected chi connectivity index (χ0v) is 11.0. The fourth-order valence-corrected chi connectivity index (χ4v) is 3.27. The molecule has 2 heteroatoms. The number of esters is 1. The van der Waals surface area contributed by atoms with Crippen LogP contribution < -0.4 is 0 Å². The maximum Gasteiger partial charge on any atom is 0.334 e. The summed E-state index contributed by atoms with van der Waals surface area (Å²) in [6, 6.07) is 18.7. The van der Waals surface area contributed by atoms with Gasteiger partial charge in [-0.15, -0.1) is 0 Å². The molecule has 1 atom stereocenters. The van der Waals surface area contributed by atoms with Crippen LogP contribution >= 0.6 is 0 Å². The molecule has 1 heterocycles. The van der Waals surface area contributed by atoms with E-state index in [1.165, 1.54) is 16.7 Å². The summed E-state index contributed by atoms with van der Waals surface area (Å²) in [6.45, 7) is 0.433. The molecule has 1 unspecified atom stereocenters. The Hall–Kier alpha value is -2.35. The maximum atomic E-state index is 11.9. The zero-order valence-electron chi connectivity index (χ0n) is 11.0. The van der Waals surface area contributed by atoms with Crippen LogP contribution in [0.2, 0.25) is 0 Å². The number of carbonyl (C=O) groups is 1. The minimum atomic E-state index is -0.143. The van der Waals surface area contributed by atoms with Crippen LogP contribution in [0.1, 0.15) is 22.6 Å². The number of hydrogen-bond acceptors (Lipinski definition) is 2. The van der Waals surface area contributed by atoms with Gasteiger partial charge in [-0.25, -0.2) is 4.79 Å². The van der Waals surface area contributed by atoms with Crippen LogP contribution in [0.5, 0.6) is 0 Å². The van der Waals surface area contributed by atoms with Crippen LogP contribution in [0.25, 0.3) is 0 Å². The van der Waals surface area contributed by atoms with Crippen molar-refractivity contribution in [2.45, 2.75) is 12.3 Å². The molecule has 0 radical (unpaired) electrons. The summed E-state index contributed by atoms with van der Waals surface area (Å²) in [5.41, 5.74) is 5.76. The van der Waals surface area contributed by atoms with Crippen LogP contribution in [0.4, 0.5) is 0 Å². The Kier molecular flexibility index (Phi) is 2.49. The molecule has 0 aromatic heterocycles. The van der Waals surface area contributed by atoms with Gasteiger partial charge >= 0.3 is 5.97 Å². The molecule has 2 nitrogen and oxygen atoms in total. The number of cyclic esters (lactones) is 1. The lowest BCUT2D eigenvalue weighted by atomic mass is 9.75. The smallest absolute Gasteiger partial charge is 0.334 e. The molecule has 0 saturated heterocycles. The molecule has 2 aromatic carbocycles. The Morgan fingerprint density at radius 2 is 1.70 bits per heavy atom. The highest BCUT2D eigenvalue weighted by Gasteiger charge is 2.36. The molecule has 20 heavy (non-hydrogen) atoms. The summed E-state index contributed by atoms with van der Waals surface area (Å²) >= 11 is 0. The van der Waals surface area contributed by atoms with Gasteiger partial charge < -0.3 is 4.74 Å². The van der Waals surface area contributed by atoms with Gasteiger partial charge in [-0.3, -0.25) is 0 Å². The van der Waals surface area contributed by atoms with Gasteiger partial charge in [0.05, 0.1) is 0 Å². The van der Waals surface area contributed by atoms with Crippen LogP contribution in [0.15, 0.2) is 65.7 Å². The number of fused-ring (bicyclic) bond motifs is 1. The minimum absolute atomic E-state index is 0.143. The molecule has 0 amide bonds. The van der Waals surface area contributed by atoms with Gasteiger partial charge in [0.25, 0.3) is 0 Å². The van der Waals surface area contributed by atoms with Crippen molar-refractivity contribution in [2.24, 2.45) is 0 Å². The lowest BCUT2D eigenvalue weighted by Gasteiger charge is -2.26. The largest absolute Gasteiger partial charge is 0.458 e. The van der Waals surface area contributed by atoms with Crippen LogP contribution in [-0.2, 0) is 16.0 Å². The first-order chi connectivity index (χ1) is 9.84. The van der Waals surface area contributed by atoms with E-state index in [0.717, 1.165) is 11.1 Å². The Labute approximate surface area is 117 Å². The van der Waals surface area contributed by atoms with E-state index >= 15 is 0 Å². The monoisotopic (exact) mass is 262 g/mol. The van der Waals surface area contributed by atoms with Crippen LogP contribution in [-0.4, -0.2) is 12.6 Å². The average molecular weight is 262 g/mol. The Morgan fingerprint density at radius 1 is 0.950 bits per heavy atom. The molecule has 0 fully saturated rings. The molecule has 0 N–H and O–H groups in total. The first-order valence-corrected chi connectivity index (χ1v) is 6.86. The summed E-state index contributed by atoms with van der Waals surface area (Å²) in [4.78, 5) is 11.9. The standard InChI is InChI=1S/C18H14O2/c19-18-15-10-13-8-4-5-9-14(13)17(16(15)11-20-18)12-6-2-1-3-7-12/h1-9,17H,10-11H2. The second-order valence-corrected chi connectivity index (χ2v) is 5.30. The van der Waals surface area contributed by atoms with Gasteiger partial charge in [0, 0.05) is 17.9 Å². The van der Waals surface area contributed by atoms with Crippen molar-refractivity contribution in [1.29, 1.82) is 0 Å². The summed E-state index contributed by atoms with van der Waals surface area (Å²) < 4.78 is 5.27. The second-order valence-electron chi connectivity index (χ2n) is 5.30. The maximum absolute atomic E-state index is 11.9. The highest BCUT2D eigenvalue weighted by molar-refractivity contribution is 5.93. The van der Waals surface area contributed by atoms with E-state index in [2.05, 4.69) is 30.3 Å². The van der Waals surface area contributed by atoms with Crippen molar-refractivity contribution in [2.75, 3.05) is 6.61 Å². The lowest BCUT2D eigenvalue weighted by molar-refractivity contribution is -0.136.